The summed E-state index contributed by atoms with van der Waals surface area (Å²) in [5.74, 6) is 0.789. The fourth-order valence-corrected chi connectivity index (χ4v) is 2.72. The summed E-state index contributed by atoms with van der Waals surface area (Å²) < 4.78 is 16.1. The van der Waals surface area contributed by atoms with Crippen molar-refractivity contribution in [1.29, 1.82) is 0 Å². The molecule has 0 unspecified atom stereocenters. The van der Waals surface area contributed by atoms with Gasteiger partial charge in [-0.05, 0) is 36.3 Å². The molecule has 27 heavy (non-hydrogen) atoms. The molecule has 0 fully saturated rings. The predicted molar refractivity (Wildman–Crippen MR) is 109 cm³/mol. The summed E-state index contributed by atoms with van der Waals surface area (Å²) in [6, 6.07) is 11.0. The lowest BCUT2D eigenvalue weighted by molar-refractivity contribution is -0.111. The van der Waals surface area contributed by atoms with Crippen LogP contribution in [-0.2, 0) is 16.1 Å². The number of amides is 1. The summed E-state index contributed by atoms with van der Waals surface area (Å²) in [6.45, 7) is 2.99. The van der Waals surface area contributed by atoms with Crippen LogP contribution in [0.25, 0.3) is 6.08 Å². The van der Waals surface area contributed by atoms with Crippen molar-refractivity contribution in [2.45, 2.75) is 20.0 Å². The molecule has 0 atom stereocenters. The second-order valence-electron chi connectivity index (χ2n) is 5.80. The molecule has 2 rings (SSSR count). The summed E-state index contributed by atoms with van der Waals surface area (Å²) in [7, 11) is 3.17. The van der Waals surface area contributed by atoms with E-state index in [4.69, 9.17) is 25.8 Å². The van der Waals surface area contributed by atoms with Crippen molar-refractivity contribution >= 4 is 29.3 Å². The van der Waals surface area contributed by atoms with E-state index in [1.54, 1.807) is 32.4 Å². The van der Waals surface area contributed by atoms with Gasteiger partial charge in [0.1, 0.15) is 0 Å². The topological polar surface area (TPSA) is 56.8 Å². The van der Waals surface area contributed by atoms with Crippen molar-refractivity contribution in [2.24, 2.45) is 0 Å². The highest BCUT2D eigenvalue weighted by Crippen LogP contribution is 2.36. The summed E-state index contributed by atoms with van der Waals surface area (Å²) in [5.41, 5.74) is 2.36. The first-order valence-corrected chi connectivity index (χ1v) is 9.03. The highest BCUT2D eigenvalue weighted by molar-refractivity contribution is 6.32. The number of halogens is 1. The third kappa shape index (κ3) is 6.01. The van der Waals surface area contributed by atoms with Crippen molar-refractivity contribution in [3.05, 3.63) is 58.6 Å². The lowest BCUT2D eigenvalue weighted by Crippen LogP contribution is -2.10. The van der Waals surface area contributed by atoms with Crippen molar-refractivity contribution in [2.75, 3.05) is 26.1 Å². The second kappa shape index (κ2) is 10.6. The molecule has 6 heteroatoms. The normalized spacial score (nSPS) is 10.8. The lowest BCUT2D eigenvalue weighted by Gasteiger charge is -2.12. The Labute approximate surface area is 164 Å². The average molecular weight is 390 g/mol. The smallest absolute Gasteiger partial charge is 0.248 e. The van der Waals surface area contributed by atoms with Gasteiger partial charge in [0.2, 0.25) is 5.91 Å². The maximum atomic E-state index is 12.3. The van der Waals surface area contributed by atoms with Crippen LogP contribution in [0.3, 0.4) is 0 Å². The van der Waals surface area contributed by atoms with Gasteiger partial charge in [-0.2, -0.15) is 0 Å². The van der Waals surface area contributed by atoms with E-state index in [2.05, 4.69) is 5.32 Å². The zero-order valence-corrected chi connectivity index (χ0v) is 16.5. The van der Waals surface area contributed by atoms with E-state index in [-0.39, 0.29) is 5.91 Å². The van der Waals surface area contributed by atoms with E-state index in [0.717, 1.165) is 17.5 Å². The minimum atomic E-state index is -0.250. The third-order valence-electron chi connectivity index (χ3n) is 3.70. The third-order valence-corrected chi connectivity index (χ3v) is 3.99. The lowest BCUT2D eigenvalue weighted by atomic mass is 10.1. The molecular formula is C21H24ClNO4. The quantitative estimate of drug-likeness (QED) is 0.617. The molecule has 2 aromatic rings. The molecule has 144 valence electrons. The van der Waals surface area contributed by atoms with Gasteiger partial charge in [-0.15, -0.1) is 0 Å². The van der Waals surface area contributed by atoms with E-state index in [1.807, 2.05) is 31.2 Å². The van der Waals surface area contributed by atoms with Crippen LogP contribution in [0.4, 0.5) is 5.69 Å². The van der Waals surface area contributed by atoms with Gasteiger partial charge >= 0.3 is 0 Å². The minimum Gasteiger partial charge on any atom is -0.493 e. The van der Waals surface area contributed by atoms with Gasteiger partial charge in [-0.3, -0.25) is 4.79 Å². The maximum absolute atomic E-state index is 12.3. The van der Waals surface area contributed by atoms with Gasteiger partial charge in [-0.1, -0.05) is 36.7 Å². The molecule has 0 spiro atoms. The van der Waals surface area contributed by atoms with Gasteiger partial charge in [0, 0.05) is 24.4 Å². The molecule has 1 N–H and O–H groups in total. The molecule has 1 amide bonds. The van der Waals surface area contributed by atoms with Gasteiger partial charge in [0.05, 0.1) is 25.3 Å². The Kier molecular flexibility index (Phi) is 8.17. The zero-order valence-electron chi connectivity index (χ0n) is 15.8. The van der Waals surface area contributed by atoms with Gasteiger partial charge < -0.3 is 19.5 Å². The summed E-state index contributed by atoms with van der Waals surface area (Å²) in [6.07, 6.45) is 3.99. The fourth-order valence-electron chi connectivity index (χ4n) is 2.45. The molecular weight excluding hydrogens is 366 g/mol. The number of anilines is 1. The second-order valence-corrected chi connectivity index (χ2v) is 6.20. The van der Waals surface area contributed by atoms with E-state index in [0.29, 0.717) is 35.4 Å². The molecule has 2 aromatic carbocycles. The van der Waals surface area contributed by atoms with E-state index in [9.17, 15) is 4.79 Å². The standard InChI is InChI=1S/C21H24ClNO4/c1-4-11-27-21-17(22)12-15(13-19(21)26-3)9-10-20(24)23-18-8-6-5-7-16(18)14-25-2/h5-10,12-13H,4,11,14H2,1-3H3,(H,23,24)/b10-9+. The van der Waals surface area contributed by atoms with Crippen molar-refractivity contribution < 1.29 is 19.0 Å². The number of rotatable bonds is 9. The average Bonchev–Trinajstić information content (AvgIpc) is 2.67. The van der Waals surface area contributed by atoms with E-state index >= 15 is 0 Å². The Morgan fingerprint density at radius 3 is 2.70 bits per heavy atom. The Balaban J connectivity index is 2.13. The number of nitrogens with one attached hydrogen (secondary N) is 1. The van der Waals surface area contributed by atoms with Crippen molar-refractivity contribution in [1.82, 2.24) is 0 Å². The van der Waals surface area contributed by atoms with Crippen molar-refractivity contribution in [3.8, 4) is 11.5 Å². The molecule has 0 saturated heterocycles. The predicted octanol–water partition coefficient (Wildman–Crippen LogP) is 4.94. The number of ether oxygens (including phenoxy) is 3. The zero-order chi connectivity index (χ0) is 19.6. The number of hydrogen-bond acceptors (Lipinski definition) is 4. The summed E-state index contributed by atoms with van der Waals surface area (Å²) in [5, 5.41) is 3.29. The first kappa shape index (κ1) is 20.8. The van der Waals surface area contributed by atoms with E-state index in [1.165, 1.54) is 6.08 Å². The van der Waals surface area contributed by atoms with Gasteiger partial charge in [-0.25, -0.2) is 0 Å². The van der Waals surface area contributed by atoms with Crippen LogP contribution in [-0.4, -0.2) is 26.7 Å². The van der Waals surface area contributed by atoms with Gasteiger partial charge in [0.25, 0.3) is 0 Å². The number of carbonyl (C=O) groups is 1. The first-order chi connectivity index (χ1) is 13.1. The number of methoxy groups -OCH3 is 2. The Bertz CT molecular complexity index is 805. The van der Waals surface area contributed by atoms with Crippen LogP contribution in [0.2, 0.25) is 5.02 Å². The van der Waals surface area contributed by atoms with Crippen LogP contribution in [0.15, 0.2) is 42.5 Å². The SMILES string of the molecule is CCCOc1c(Cl)cc(/C=C/C(=O)Nc2ccccc2COC)cc1OC. The molecule has 0 aliphatic heterocycles. The highest BCUT2D eigenvalue weighted by Gasteiger charge is 2.11. The van der Waals surface area contributed by atoms with Gasteiger partial charge in [0.15, 0.2) is 11.5 Å². The molecule has 0 bridgehead atoms. The summed E-state index contributed by atoms with van der Waals surface area (Å²) in [4.78, 5) is 12.3. The monoisotopic (exact) mass is 389 g/mol. The van der Waals surface area contributed by atoms with Crippen LogP contribution in [0.1, 0.15) is 24.5 Å². The van der Waals surface area contributed by atoms with Crippen LogP contribution in [0.5, 0.6) is 11.5 Å². The van der Waals surface area contributed by atoms with Crippen LogP contribution >= 0.6 is 11.6 Å². The highest BCUT2D eigenvalue weighted by atomic mass is 35.5. The molecule has 0 heterocycles. The Morgan fingerprint density at radius 1 is 1.22 bits per heavy atom. The van der Waals surface area contributed by atoms with Crippen molar-refractivity contribution in [3.63, 3.8) is 0 Å². The molecule has 0 aromatic heterocycles. The Morgan fingerprint density at radius 2 is 2.00 bits per heavy atom. The number of benzene rings is 2. The number of carbonyl (C=O) groups excluding carboxylic acids is 1. The largest absolute Gasteiger partial charge is 0.493 e. The molecule has 0 aliphatic carbocycles. The summed E-state index contributed by atoms with van der Waals surface area (Å²) >= 11 is 6.30. The molecule has 0 aliphatic rings. The molecule has 0 radical (unpaired) electrons. The van der Waals surface area contributed by atoms with Crippen LogP contribution < -0.4 is 14.8 Å². The number of hydrogen-bond donors (Lipinski definition) is 1. The fraction of sp³-hybridized carbons (Fsp3) is 0.286. The van der Waals surface area contributed by atoms with Crippen LogP contribution in [0, 0.1) is 0 Å². The minimum absolute atomic E-state index is 0.250. The maximum Gasteiger partial charge on any atom is 0.248 e. The molecule has 5 nitrogen and oxygen atoms in total. The van der Waals surface area contributed by atoms with E-state index < -0.39 is 0 Å². The Hall–Kier alpha value is -2.50. The number of para-hydroxylation sites is 1. The first-order valence-electron chi connectivity index (χ1n) is 8.65. The molecule has 0 saturated carbocycles.